The van der Waals surface area contributed by atoms with Crippen molar-refractivity contribution in [2.24, 2.45) is 0 Å². The summed E-state index contributed by atoms with van der Waals surface area (Å²) in [5, 5.41) is 3.43. The Morgan fingerprint density at radius 3 is 2.93 bits per heavy atom. The van der Waals surface area contributed by atoms with E-state index in [1.165, 1.54) is 6.42 Å². The van der Waals surface area contributed by atoms with E-state index in [0.717, 1.165) is 38.8 Å². The largest absolute Gasteiger partial charge is 0.332 e. The number of carbonyl (C=O) groups excluding carboxylic acids is 1. The lowest BCUT2D eigenvalue weighted by Crippen LogP contribution is -2.61. The highest BCUT2D eigenvalue weighted by Gasteiger charge is 2.42. The van der Waals surface area contributed by atoms with Crippen molar-refractivity contribution in [1.29, 1.82) is 0 Å². The van der Waals surface area contributed by atoms with E-state index < -0.39 is 0 Å². The summed E-state index contributed by atoms with van der Waals surface area (Å²) in [6, 6.07) is 0. The van der Waals surface area contributed by atoms with Crippen molar-refractivity contribution < 1.29 is 4.79 Å². The van der Waals surface area contributed by atoms with Gasteiger partial charge in [-0.2, -0.15) is 0 Å². The number of rotatable bonds is 2. The molecular formula is C12H20N2O. The average Bonchev–Trinajstić information content (AvgIpc) is 2.25. The molecule has 1 amide bonds. The summed E-state index contributed by atoms with van der Waals surface area (Å²) in [7, 11) is 0. The molecule has 0 aliphatic carbocycles. The number of hydrogen-bond donors (Lipinski definition) is 1. The lowest BCUT2D eigenvalue weighted by atomic mass is 9.80. The topological polar surface area (TPSA) is 32.3 Å². The maximum atomic E-state index is 11.9. The molecule has 0 aromatic heterocycles. The van der Waals surface area contributed by atoms with Gasteiger partial charge in [-0.1, -0.05) is 6.08 Å². The molecule has 1 N–H and O–H groups in total. The lowest BCUT2D eigenvalue weighted by Gasteiger charge is -2.49. The van der Waals surface area contributed by atoms with E-state index in [-0.39, 0.29) is 5.54 Å². The summed E-state index contributed by atoms with van der Waals surface area (Å²) < 4.78 is 0. The van der Waals surface area contributed by atoms with E-state index in [1.807, 2.05) is 6.08 Å². The molecule has 0 aromatic rings. The van der Waals surface area contributed by atoms with Gasteiger partial charge in [-0.15, -0.1) is 6.58 Å². The molecule has 3 heteroatoms. The molecule has 3 nitrogen and oxygen atoms in total. The SMILES string of the molecule is C=CCN1C(=O)CCC[C@]12CCCNC2. The Morgan fingerprint density at radius 1 is 1.47 bits per heavy atom. The summed E-state index contributed by atoms with van der Waals surface area (Å²) in [6.45, 7) is 6.52. The second-order valence-corrected chi connectivity index (χ2v) is 4.65. The maximum absolute atomic E-state index is 11.9. The zero-order valence-electron chi connectivity index (χ0n) is 9.30. The highest BCUT2D eigenvalue weighted by Crippen LogP contribution is 2.34. The van der Waals surface area contributed by atoms with Crippen molar-refractivity contribution in [3.8, 4) is 0 Å². The number of amides is 1. The van der Waals surface area contributed by atoms with E-state index in [1.54, 1.807) is 0 Å². The van der Waals surface area contributed by atoms with Gasteiger partial charge in [0.25, 0.3) is 0 Å². The fourth-order valence-electron chi connectivity index (χ4n) is 2.92. The van der Waals surface area contributed by atoms with Crippen LogP contribution in [-0.2, 0) is 4.79 Å². The predicted octanol–water partition coefficient (Wildman–Crippen LogP) is 1.31. The van der Waals surface area contributed by atoms with Gasteiger partial charge in [-0.05, 0) is 32.2 Å². The van der Waals surface area contributed by atoms with Crippen LogP contribution in [0.1, 0.15) is 32.1 Å². The fraction of sp³-hybridized carbons (Fsp3) is 0.750. The van der Waals surface area contributed by atoms with Crippen LogP contribution in [0.3, 0.4) is 0 Å². The molecule has 2 heterocycles. The number of hydrogen-bond acceptors (Lipinski definition) is 2. The fourth-order valence-corrected chi connectivity index (χ4v) is 2.92. The van der Waals surface area contributed by atoms with Crippen LogP contribution in [0.5, 0.6) is 0 Å². The van der Waals surface area contributed by atoms with E-state index in [4.69, 9.17) is 0 Å². The third-order valence-electron chi connectivity index (χ3n) is 3.67. The summed E-state index contributed by atoms with van der Waals surface area (Å²) in [6.07, 6.45) is 7.10. The van der Waals surface area contributed by atoms with Gasteiger partial charge in [0.1, 0.15) is 0 Å². The summed E-state index contributed by atoms with van der Waals surface area (Å²) >= 11 is 0. The van der Waals surface area contributed by atoms with E-state index in [0.29, 0.717) is 12.5 Å². The molecule has 2 aliphatic heterocycles. The van der Waals surface area contributed by atoms with Gasteiger partial charge in [-0.25, -0.2) is 0 Å². The predicted molar refractivity (Wildman–Crippen MR) is 60.6 cm³/mol. The van der Waals surface area contributed by atoms with E-state index in [2.05, 4.69) is 16.8 Å². The van der Waals surface area contributed by atoms with Crippen LogP contribution in [0.15, 0.2) is 12.7 Å². The number of piperidine rings is 2. The number of nitrogens with one attached hydrogen (secondary N) is 1. The molecule has 2 fully saturated rings. The van der Waals surface area contributed by atoms with Gasteiger partial charge in [0.15, 0.2) is 0 Å². The first kappa shape index (κ1) is 10.7. The Kier molecular flexibility index (Phi) is 3.10. The number of carbonyl (C=O) groups is 1. The van der Waals surface area contributed by atoms with Crippen LogP contribution in [-0.4, -0.2) is 36.0 Å². The Labute approximate surface area is 91.5 Å². The standard InChI is InChI=1S/C12H20N2O/c1-2-9-14-11(15)5-3-6-12(14)7-4-8-13-10-12/h2,13H,1,3-10H2/t12-/m1/s1. The third kappa shape index (κ3) is 1.93. The summed E-state index contributed by atoms with van der Waals surface area (Å²) in [4.78, 5) is 14.0. The first-order chi connectivity index (χ1) is 7.28. The molecule has 1 atom stereocenters. The Morgan fingerprint density at radius 2 is 2.27 bits per heavy atom. The van der Waals surface area contributed by atoms with Gasteiger partial charge < -0.3 is 10.2 Å². The minimum Gasteiger partial charge on any atom is -0.332 e. The highest BCUT2D eigenvalue weighted by molar-refractivity contribution is 5.78. The molecule has 0 aromatic carbocycles. The average molecular weight is 208 g/mol. The molecule has 15 heavy (non-hydrogen) atoms. The Bertz CT molecular complexity index is 251. The third-order valence-corrected chi connectivity index (χ3v) is 3.67. The smallest absolute Gasteiger partial charge is 0.223 e. The molecule has 1 spiro atoms. The summed E-state index contributed by atoms with van der Waals surface area (Å²) in [5.41, 5.74) is 0.0990. The zero-order valence-corrected chi connectivity index (χ0v) is 9.30. The number of likely N-dealkylation sites (tertiary alicyclic amines) is 1. The van der Waals surface area contributed by atoms with Gasteiger partial charge in [0.05, 0.1) is 5.54 Å². The molecule has 0 saturated carbocycles. The second-order valence-electron chi connectivity index (χ2n) is 4.65. The second kappa shape index (κ2) is 4.35. The van der Waals surface area contributed by atoms with E-state index in [9.17, 15) is 4.79 Å². The van der Waals surface area contributed by atoms with E-state index >= 15 is 0 Å². The van der Waals surface area contributed by atoms with Crippen LogP contribution < -0.4 is 5.32 Å². The van der Waals surface area contributed by atoms with Crippen molar-refractivity contribution in [2.45, 2.75) is 37.6 Å². The molecule has 0 bridgehead atoms. The minimum atomic E-state index is 0.0990. The monoisotopic (exact) mass is 208 g/mol. The van der Waals surface area contributed by atoms with Crippen LogP contribution in [0.4, 0.5) is 0 Å². The minimum absolute atomic E-state index is 0.0990. The van der Waals surface area contributed by atoms with Gasteiger partial charge in [-0.3, -0.25) is 4.79 Å². The van der Waals surface area contributed by atoms with Gasteiger partial charge in [0.2, 0.25) is 5.91 Å². The van der Waals surface area contributed by atoms with Crippen LogP contribution >= 0.6 is 0 Å². The first-order valence-corrected chi connectivity index (χ1v) is 5.91. The van der Waals surface area contributed by atoms with Gasteiger partial charge >= 0.3 is 0 Å². The normalized spacial score (nSPS) is 32.0. The van der Waals surface area contributed by atoms with Crippen LogP contribution in [0.2, 0.25) is 0 Å². The Balaban J connectivity index is 2.17. The molecular weight excluding hydrogens is 188 g/mol. The Hall–Kier alpha value is -0.830. The molecule has 2 rings (SSSR count). The van der Waals surface area contributed by atoms with Crippen molar-refractivity contribution in [2.75, 3.05) is 19.6 Å². The maximum Gasteiger partial charge on any atom is 0.223 e. The first-order valence-electron chi connectivity index (χ1n) is 5.91. The van der Waals surface area contributed by atoms with Crippen molar-refractivity contribution in [3.63, 3.8) is 0 Å². The molecule has 0 unspecified atom stereocenters. The lowest BCUT2D eigenvalue weighted by molar-refractivity contribution is -0.142. The number of nitrogens with zero attached hydrogens (tertiary/aromatic N) is 1. The van der Waals surface area contributed by atoms with Crippen LogP contribution in [0, 0.1) is 0 Å². The van der Waals surface area contributed by atoms with Gasteiger partial charge in [0, 0.05) is 19.5 Å². The quantitative estimate of drug-likeness (QED) is 0.694. The summed E-state index contributed by atoms with van der Waals surface area (Å²) in [5.74, 6) is 0.310. The molecule has 2 aliphatic rings. The van der Waals surface area contributed by atoms with Crippen molar-refractivity contribution in [1.82, 2.24) is 10.2 Å². The molecule has 0 radical (unpaired) electrons. The molecule has 2 saturated heterocycles. The van der Waals surface area contributed by atoms with Crippen molar-refractivity contribution in [3.05, 3.63) is 12.7 Å². The van der Waals surface area contributed by atoms with Crippen molar-refractivity contribution >= 4 is 5.91 Å². The van der Waals surface area contributed by atoms with Crippen LogP contribution in [0.25, 0.3) is 0 Å². The highest BCUT2D eigenvalue weighted by atomic mass is 16.2. The zero-order chi connectivity index (χ0) is 10.7. The molecule has 84 valence electrons.